The average molecular weight is 461 g/mol. The van der Waals surface area contributed by atoms with E-state index in [0.29, 0.717) is 39.3 Å². The molecule has 1 rings (SSSR count). The van der Waals surface area contributed by atoms with Crippen LogP contribution in [0.3, 0.4) is 0 Å². The number of rotatable bonds is 6. The van der Waals surface area contributed by atoms with Crippen molar-refractivity contribution in [3.05, 3.63) is 0 Å². The second-order valence-electron chi connectivity index (χ2n) is 5.01. The molecule has 0 bridgehead atoms. The van der Waals surface area contributed by atoms with Gasteiger partial charge in [0.15, 0.2) is 0 Å². The molecule has 22 heavy (non-hydrogen) atoms. The van der Waals surface area contributed by atoms with Gasteiger partial charge in [0.2, 0.25) is 0 Å². The minimum atomic E-state index is -0.955. The van der Waals surface area contributed by atoms with E-state index in [1.165, 1.54) is 0 Å². The predicted octanol–water partition coefficient (Wildman–Crippen LogP) is -1.84. The van der Waals surface area contributed by atoms with E-state index in [2.05, 4.69) is 0 Å². The Labute approximate surface area is 160 Å². The molecule has 0 unspecified atom stereocenters. The molecule has 0 aromatic carbocycles. The van der Waals surface area contributed by atoms with Crippen LogP contribution in [0.4, 0.5) is 0 Å². The van der Waals surface area contributed by atoms with Crippen LogP contribution in [0.5, 0.6) is 0 Å². The molecule has 0 aliphatic carbocycles. The summed E-state index contributed by atoms with van der Waals surface area (Å²) in [6.07, 6.45) is 0. The molecule has 0 atom stereocenters. The van der Waals surface area contributed by atoms with Crippen molar-refractivity contribution in [1.29, 1.82) is 0 Å². The van der Waals surface area contributed by atoms with Crippen molar-refractivity contribution in [2.45, 2.75) is 0 Å². The Morgan fingerprint density at radius 3 is 0.909 bits per heavy atom. The topological polar surface area (TPSA) is 122 Å². The van der Waals surface area contributed by atoms with Gasteiger partial charge in [-0.05, 0) is 0 Å². The van der Waals surface area contributed by atoms with Crippen LogP contribution in [-0.4, -0.2) is 107 Å². The summed E-state index contributed by atoms with van der Waals surface area (Å²) in [6, 6.07) is 0. The van der Waals surface area contributed by atoms with Gasteiger partial charge in [0.05, 0.1) is 19.6 Å². The predicted molar refractivity (Wildman–Crippen MR) is 72.2 cm³/mol. The van der Waals surface area contributed by atoms with Crippen LogP contribution >= 0.6 is 0 Å². The Kier molecular flexibility index (Phi) is 11.0. The molecule has 0 aromatic heterocycles. The summed E-state index contributed by atoms with van der Waals surface area (Å²) < 4.78 is 0. The molecule has 1 saturated heterocycles. The Morgan fingerprint density at radius 1 is 0.591 bits per heavy atom. The first-order chi connectivity index (χ1) is 9.86. The Hall–Kier alpha value is -0.385. The van der Waals surface area contributed by atoms with Crippen molar-refractivity contribution >= 4 is 17.9 Å². The van der Waals surface area contributed by atoms with Crippen LogP contribution in [0.25, 0.3) is 0 Å². The molecule has 0 spiro atoms. The third kappa shape index (κ3) is 9.60. The molecular formula is C12H21GdN3O6+3. The van der Waals surface area contributed by atoms with Crippen LogP contribution in [0.2, 0.25) is 0 Å². The van der Waals surface area contributed by atoms with Gasteiger partial charge in [-0.15, -0.1) is 0 Å². The number of carboxylic acids is 3. The molecule has 9 nitrogen and oxygen atoms in total. The first-order valence-corrected chi connectivity index (χ1v) is 6.69. The Morgan fingerprint density at radius 2 is 0.773 bits per heavy atom. The second-order valence-corrected chi connectivity index (χ2v) is 5.01. The summed E-state index contributed by atoms with van der Waals surface area (Å²) in [5.41, 5.74) is 0. The smallest absolute Gasteiger partial charge is 0.480 e. The number of nitrogens with zero attached hydrogens (tertiary/aromatic N) is 3. The van der Waals surface area contributed by atoms with Gasteiger partial charge in [0.25, 0.3) is 0 Å². The fourth-order valence-electron chi connectivity index (χ4n) is 2.23. The molecule has 1 fully saturated rings. The second kappa shape index (κ2) is 11.2. The molecule has 1 aliphatic rings. The number of carboxylic acid groups (broad SMARTS) is 3. The number of carbonyl (C=O) groups is 3. The molecule has 0 amide bonds. The monoisotopic (exact) mass is 461 g/mol. The average Bonchev–Trinajstić information content (AvgIpc) is 2.42. The van der Waals surface area contributed by atoms with Crippen molar-refractivity contribution in [3.63, 3.8) is 0 Å². The van der Waals surface area contributed by atoms with E-state index < -0.39 is 17.9 Å². The van der Waals surface area contributed by atoms with Gasteiger partial charge in [-0.25, -0.2) is 0 Å². The molecule has 3 N–H and O–H groups in total. The SMILES string of the molecule is O=C(O)CN1CCN(CC(=O)O)CCN(CC(=O)O)CC1.[Gd+3]. The Bertz CT molecular complexity index is 326. The molecule has 1 heterocycles. The van der Waals surface area contributed by atoms with Crippen LogP contribution in [-0.2, 0) is 14.4 Å². The van der Waals surface area contributed by atoms with Gasteiger partial charge in [-0.3, -0.25) is 29.1 Å². The maximum atomic E-state index is 10.8. The third-order valence-electron chi connectivity index (χ3n) is 3.27. The van der Waals surface area contributed by atoms with E-state index >= 15 is 0 Å². The Balaban J connectivity index is 0.00000441. The molecule has 1 aliphatic heterocycles. The summed E-state index contributed by atoms with van der Waals surface area (Å²) in [5, 5.41) is 26.6. The van der Waals surface area contributed by atoms with E-state index in [9.17, 15) is 14.4 Å². The molecule has 0 aromatic rings. The largest absolute Gasteiger partial charge is 3.00 e. The zero-order valence-corrected chi connectivity index (χ0v) is 14.4. The van der Waals surface area contributed by atoms with Crippen LogP contribution in [0, 0.1) is 39.9 Å². The van der Waals surface area contributed by atoms with E-state index in [4.69, 9.17) is 15.3 Å². The van der Waals surface area contributed by atoms with Crippen LogP contribution in [0.1, 0.15) is 0 Å². The van der Waals surface area contributed by atoms with Crippen molar-refractivity contribution < 1.29 is 69.6 Å². The summed E-state index contributed by atoms with van der Waals surface area (Å²) in [5.74, 6) is -2.86. The van der Waals surface area contributed by atoms with Crippen molar-refractivity contribution in [1.82, 2.24) is 14.7 Å². The molecule has 1 radical (unpaired) electrons. The minimum absolute atomic E-state index is 0. The molecular weight excluding hydrogens is 439 g/mol. The summed E-state index contributed by atoms with van der Waals surface area (Å²) >= 11 is 0. The zero-order chi connectivity index (χ0) is 15.8. The fourth-order valence-corrected chi connectivity index (χ4v) is 2.23. The van der Waals surface area contributed by atoms with E-state index in [-0.39, 0.29) is 59.6 Å². The zero-order valence-electron chi connectivity index (χ0n) is 12.1. The van der Waals surface area contributed by atoms with E-state index in [0.717, 1.165) is 0 Å². The first-order valence-electron chi connectivity index (χ1n) is 6.69. The number of aliphatic carboxylic acids is 3. The van der Waals surface area contributed by atoms with Crippen molar-refractivity contribution in [2.24, 2.45) is 0 Å². The van der Waals surface area contributed by atoms with Crippen molar-refractivity contribution in [2.75, 3.05) is 58.9 Å². The van der Waals surface area contributed by atoms with Crippen LogP contribution in [0.15, 0.2) is 0 Å². The molecule has 0 saturated carbocycles. The van der Waals surface area contributed by atoms with E-state index in [1.807, 2.05) is 0 Å². The van der Waals surface area contributed by atoms with Crippen LogP contribution < -0.4 is 0 Å². The van der Waals surface area contributed by atoms with Crippen molar-refractivity contribution in [3.8, 4) is 0 Å². The third-order valence-corrected chi connectivity index (χ3v) is 3.27. The van der Waals surface area contributed by atoms with Gasteiger partial charge >= 0.3 is 57.8 Å². The molecule has 125 valence electrons. The van der Waals surface area contributed by atoms with E-state index in [1.54, 1.807) is 14.7 Å². The molecule has 10 heteroatoms. The summed E-state index contributed by atoms with van der Waals surface area (Å²) in [7, 11) is 0. The summed E-state index contributed by atoms with van der Waals surface area (Å²) in [4.78, 5) is 37.5. The number of hydrogen-bond acceptors (Lipinski definition) is 6. The van der Waals surface area contributed by atoms with Gasteiger partial charge < -0.3 is 15.3 Å². The maximum absolute atomic E-state index is 10.8. The standard InChI is InChI=1S/C12H21N3O6.Gd/c16-10(17)7-13-1-2-14(8-11(18)19)5-6-15(4-3-13)9-12(20)21;/h1-9H2,(H,16,17)(H,18,19)(H,20,21);/q;+3. The fraction of sp³-hybridized carbons (Fsp3) is 0.750. The normalized spacial score (nSPS) is 18.5. The first kappa shape index (κ1) is 21.6. The van der Waals surface area contributed by atoms with Gasteiger partial charge in [-0.2, -0.15) is 0 Å². The van der Waals surface area contributed by atoms with Gasteiger partial charge in [0, 0.05) is 39.3 Å². The number of hydrogen-bond donors (Lipinski definition) is 3. The minimum Gasteiger partial charge on any atom is -0.480 e. The quantitative estimate of drug-likeness (QED) is 0.420. The summed E-state index contributed by atoms with van der Waals surface area (Å²) in [6.45, 7) is 2.26. The maximum Gasteiger partial charge on any atom is 3.00 e. The van der Waals surface area contributed by atoms with Gasteiger partial charge in [-0.1, -0.05) is 0 Å². The van der Waals surface area contributed by atoms with Gasteiger partial charge in [0.1, 0.15) is 0 Å².